The van der Waals surface area contributed by atoms with Crippen molar-refractivity contribution < 1.29 is 19.7 Å². The van der Waals surface area contributed by atoms with Crippen molar-refractivity contribution in [1.82, 2.24) is 5.32 Å². The van der Waals surface area contributed by atoms with Gasteiger partial charge in [0.2, 0.25) is 0 Å². The van der Waals surface area contributed by atoms with Gasteiger partial charge in [-0.2, -0.15) is 0 Å². The summed E-state index contributed by atoms with van der Waals surface area (Å²) in [4.78, 5) is 11.3. The number of aliphatic carboxylic acids is 1. The SMILES string of the molecule is CCOc1cc(C(NC2CC2)C(=O)O)ccc1O. The van der Waals surface area contributed by atoms with Crippen molar-refractivity contribution in [2.45, 2.75) is 31.8 Å². The van der Waals surface area contributed by atoms with Crippen LogP contribution in [0.1, 0.15) is 31.4 Å². The second-order valence-electron chi connectivity index (χ2n) is 4.37. The lowest BCUT2D eigenvalue weighted by Gasteiger charge is -2.16. The standard InChI is InChI=1S/C13H17NO4/c1-2-18-11-7-8(3-6-10(11)15)12(13(16)17)14-9-4-5-9/h3,6-7,9,12,14-15H,2,4-5H2,1H3,(H,16,17). The van der Waals surface area contributed by atoms with Crippen molar-refractivity contribution >= 4 is 5.97 Å². The normalized spacial score (nSPS) is 16.3. The van der Waals surface area contributed by atoms with Gasteiger partial charge in [0.1, 0.15) is 6.04 Å². The number of phenols is 1. The van der Waals surface area contributed by atoms with Crippen molar-refractivity contribution in [2.75, 3.05) is 6.61 Å². The number of rotatable bonds is 6. The van der Waals surface area contributed by atoms with Crippen LogP contribution in [0.25, 0.3) is 0 Å². The summed E-state index contributed by atoms with van der Waals surface area (Å²) in [5.74, 6) is -0.579. The van der Waals surface area contributed by atoms with E-state index in [1.54, 1.807) is 12.1 Å². The first kappa shape index (κ1) is 12.7. The molecule has 0 saturated heterocycles. The number of phenolic OH excluding ortho intramolecular Hbond substituents is 1. The van der Waals surface area contributed by atoms with Gasteiger partial charge in [-0.1, -0.05) is 6.07 Å². The Labute approximate surface area is 105 Å². The number of carbonyl (C=O) groups is 1. The third-order valence-electron chi connectivity index (χ3n) is 2.84. The molecule has 1 aliphatic rings. The molecule has 1 aromatic rings. The largest absolute Gasteiger partial charge is 0.504 e. The molecular formula is C13H17NO4. The fraction of sp³-hybridized carbons (Fsp3) is 0.462. The van der Waals surface area contributed by atoms with Crippen molar-refractivity contribution in [2.24, 2.45) is 0 Å². The Morgan fingerprint density at radius 3 is 2.83 bits per heavy atom. The van der Waals surface area contributed by atoms with Gasteiger partial charge in [0, 0.05) is 6.04 Å². The minimum absolute atomic E-state index is 0.0242. The third-order valence-corrected chi connectivity index (χ3v) is 2.84. The van der Waals surface area contributed by atoms with Crippen molar-refractivity contribution in [3.05, 3.63) is 23.8 Å². The average molecular weight is 251 g/mol. The van der Waals surface area contributed by atoms with E-state index in [4.69, 9.17) is 4.74 Å². The zero-order chi connectivity index (χ0) is 13.1. The smallest absolute Gasteiger partial charge is 0.325 e. The second kappa shape index (κ2) is 5.27. The molecule has 1 saturated carbocycles. The lowest BCUT2D eigenvalue weighted by molar-refractivity contribution is -0.139. The molecule has 0 aliphatic heterocycles. The molecular weight excluding hydrogens is 234 g/mol. The highest BCUT2D eigenvalue weighted by Crippen LogP contribution is 2.31. The number of ether oxygens (including phenoxy) is 1. The van der Waals surface area contributed by atoms with Crippen LogP contribution in [-0.2, 0) is 4.79 Å². The van der Waals surface area contributed by atoms with Gasteiger partial charge in [-0.15, -0.1) is 0 Å². The van der Waals surface area contributed by atoms with Gasteiger partial charge < -0.3 is 14.9 Å². The lowest BCUT2D eigenvalue weighted by atomic mass is 10.1. The Kier molecular flexibility index (Phi) is 3.72. The van der Waals surface area contributed by atoms with Gasteiger partial charge in [-0.3, -0.25) is 10.1 Å². The van der Waals surface area contributed by atoms with E-state index < -0.39 is 12.0 Å². The molecule has 1 unspecified atom stereocenters. The van der Waals surface area contributed by atoms with E-state index in [-0.39, 0.29) is 11.8 Å². The van der Waals surface area contributed by atoms with E-state index in [0.29, 0.717) is 17.9 Å². The minimum atomic E-state index is -0.921. The lowest BCUT2D eigenvalue weighted by Crippen LogP contribution is -2.30. The topological polar surface area (TPSA) is 78.8 Å². The molecule has 1 atom stereocenters. The van der Waals surface area contributed by atoms with E-state index in [1.807, 2.05) is 6.92 Å². The molecule has 1 fully saturated rings. The number of carboxylic acids is 1. The molecule has 0 heterocycles. The second-order valence-corrected chi connectivity index (χ2v) is 4.37. The summed E-state index contributed by atoms with van der Waals surface area (Å²) in [7, 11) is 0. The number of carboxylic acid groups (broad SMARTS) is 1. The van der Waals surface area contributed by atoms with E-state index >= 15 is 0 Å². The van der Waals surface area contributed by atoms with Crippen LogP contribution < -0.4 is 10.1 Å². The maximum atomic E-state index is 11.3. The van der Waals surface area contributed by atoms with Crippen LogP contribution in [0.4, 0.5) is 0 Å². The number of benzene rings is 1. The van der Waals surface area contributed by atoms with E-state index in [0.717, 1.165) is 12.8 Å². The molecule has 1 aliphatic carbocycles. The number of nitrogens with one attached hydrogen (secondary N) is 1. The molecule has 2 rings (SSSR count). The third kappa shape index (κ3) is 2.92. The maximum absolute atomic E-state index is 11.3. The Balaban J connectivity index is 2.22. The van der Waals surface area contributed by atoms with Crippen molar-refractivity contribution in [1.29, 1.82) is 0 Å². The van der Waals surface area contributed by atoms with E-state index in [9.17, 15) is 15.0 Å². The van der Waals surface area contributed by atoms with E-state index in [2.05, 4.69) is 5.32 Å². The summed E-state index contributed by atoms with van der Waals surface area (Å²) in [6.07, 6.45) is 2.03. The Morgan fingerprint density at radius 2 is 2.28 bits per heavy atom. The zero-order valence-corrected chi connectivity index (χ0v) is 10.2. The molecule has 98 valence electrons. The quantitative estimate of drug-likeness (QED) is 0.716. The highest BCUT2D eigenvalue weighted by molar-refractivity contribution is 5.76. The average Bonchev–Trinajstić information content (AvgIpc) is 3.13. The van der Waals surface area contributed by atoms with Gasteiger partial charge in [-0.05, 0) is 37.5 Å². The summed E-state index contributed by atoms with van der Waals surface area (Å²) in [5.41, 5.74) is 0.593. The van der Waals surface area contributed by atoms with Gasteiger partial charge in [0.05, 0.1) is 6.61 Å². The molecule has 3 N–H and O–H groups in total. The summed E-state index contributed by atoms with van der Waals surface area (Å²) in [6.45, 7) is 2.23. The first-order chi connectivity index (χ1) is 8.61. The summed E-state index contributed by atoms with van der Waals surface area (Å²) in [6, 6.07) is 4.18. The van der Waals surface area contributed by atoms with Gasteiger partial charge in [-0.25, -0.2) is 0 Å². The molecule has 0 spiro atoms. The van der Waals surface area contributed by atoms with Crippen LogP contribution in [0.2, 0.25) is 0 Å². The predicted molar refractivity (Wildman–Crippen MR) is 65.8 cm³/mol. The van der Waals surface area contributed by atoms with Gasteiger partial charge in [0.15, 0.2) is 11.5 Å². The first-order valence-electron chi connectivity index (χ1n) is 6.06. The molecule has 0 radical (unpaired) electrons. The summed E-state index contributed by atoms with van der Waals surface area (Å²) >= 11 is 0. The molecule has 1 aromatic carbocycles. The molecule has 0 aromatic heterocycles. The van der Waals surface area contributed by atoms with E-state index in [1.165, 1.54) is 6.07 Å². The molecule has 18 heavy (non-hydrogen) atoms. The fourth-order valence-electron chi connectivity index (χ4n) is 1.78. The minimum Gasteiger partial charge on any atom is -0.504 e. The summed E-state index contributed by atoms with van der Waals surface area (Å²) < 4.78 is 5.26. The van der Waals surface area contributed by atoms with Crippen molar-refractivity contribution in [3.8, 4) is 11.5 Å². The Hall–Kier alpha value is -1.75. The predicted octanol–water partition coefficient (Wildman–Crippen LogP) is 1.67. The highest BCUT2D eigenvalue weighted by atomic mass is 16.5. The van der Waals surface area contributed by atoms with Gasteiger partial charge >= 0.3 is 5.97 Å². The van der Waals surface area contributed by atoms with Crippen LogP contribution in [0.15, 0.2) is 18.2 Å². The van der Waals surface area contributed by atoms with Crippen LogP contribution in [0, 0.1) is 0 Å². The van der Waals surface area contributed by atoms with Crippen LogP contribution >= 0.6 is 0 Å². The first-order valence-corrected chi connectivity index (χ1v) is 6.06. The Morgan fingerprint density at radius 1 is 1.56 bits per heavy atom. The zero-order valence-electron chi connectivity index (χ0n) is 10.2. The molecule has 5 nitrogen and oxygen atoms in total. The van der Waals surface area contributed by atoms with Gasteiger partial charge in [0.25, 0.3) is 0 Å². The maximum Gasteiger partial charge on any atom is 0.325 e. The fourth-order valence-corrected chi connectivity index (χ4v) is 1.78. The molecule has 0 amide bonds. The number of hydrogen-bond acceptors (Lipinski definition) is 4. The van der Waals surface area contributed by atoms with Crippen molar-refractivity contribution in [3.63, 3.8) is 0 Å². The Bertz CT molecular complexity index is 443. The molecule has 5 heteroatoms. The highest BCUT2D eigenvalue weighted by Gasteiger charge is 2.29. The number of aromatic hydroxyl groups is 1. The monoisotopic (exact) mass is 251 g/mol. The summed E-state index contributed by atoms with van der Waals surface area (Å²) in [5, 5.41) is 21.9. The van der Waals surface area contributed by atoms with Crippen LogP contribution in [0.3, 0.4) is 0 Å². The number of hydrogen-bond donors (Lipinski definition) is 3. The van der Waals surface area contributed by atoms with Crippen LogP contribution in [0.5, 0.6) is 11.5 Å². The molecule has 0 bridgehead atoms. The van der Waals surface area contributed by atoms with Crippen LogP contribution in [-0.4, -0.2) is 28.8 Å².